The van der Waals surface area contributed by atoms with Gasteiger partial charge in [0, 0.05) is 0 Å². The van der Waals surface area contributed by atoms with Gasteiger partial charge in [-0.1, -0.05) is 0 Å². The Bertz CT molecular complexity index is 210. The Hall–Kier alpha value is -0.710. The molecule has 13 heavy (non-hydrogen) atoms. The molecule has 1 N–H and O–H groups in total. The molecule has 1 aliphatic rings. The minimum atomic E-state index is -0.704. The van der Waals surface area contributed by atoms with E-state index in [4.69, 9.17) is 9.47 Å². The molecular weight excluding hydrogens is 172 g/mol. The van der Waals surface area contributed by atoms with Crippen molar-refractivity contribution in [3.05, 3.63) is 12.2 Å². The van der Waals surface area contributed by atoms with Crippen LogP contribution in [0, 0.1) is 0 Å². The number of carbonyl (C=O) groups is 1. The molecule has 0 aromatic heterocycles. The molecule has 0 aromatic carbocycles. The van der Waals surface area contributed by atoms with E-state index in [-0.39, 0.29) is 6.61 Å². The molecule has 0 aromatic rings. The van der Waals surface area contributed by atoms with Crippen molar-refractivity contribution < 1.29 is 19.4 Å². The maximum Gasteiger partial charge on any atom is 0.163 e. The van der Waals surface area contributed by atoms with Crippen molar-refractivity contribution in [1.29, 1.82) is 0 Å². The van der Waals surface area contributed by atoms with E-state index in [1.165, 1.54) is 12.2 Å². The number of hydrogen-bond donors (Lipinski definition) is 1. The van der Waals surface area contributed by atoms with Gasteiger partial charge >= 0.3 is 0 Å². The molecule has 0 radical (unpaired) electrons. The Morgan fingerprint density at radius 2 is 2.23 bits per heavy atom. The fraction of sp³-hybridized carbons (Fsp3) is 0.667. The maximum absolute atomic E-state index is 10.1. The highest BCUT2D eigenvalue weighted by Gasteiger charge is 2.33. The third-order valence-corrected chi connectivity index (χ3v) is 1.78. The lowest BCUT2D eigenvalue weighted by molar-refractivity contribution is -0.292. The summed E-state index contributed by atoms with van der Waals surface area (Å²) in [5, 5.41) is 9.41. The second kappa shape index (κ2) is 4.00. The number of aldehydes is 1. The molecule has 2 atom stereocenters. The van der Waals surface area contributed by atoms with Crippen LogP contribution in [0.1, 0.15) is 13.8 Å². The summed E-state index contributed by atoms with van der Waals surface area (Å²) >= 11 is 0. The van der Waals surface area contributed by atoms with Crippen molar-refractivity contribution in [2.75, 3.05) is 6.61 Å². The maximum atomic E-state index is 10.1. The summed E-state index contributed by atoms with van der Waals surface area (Å²) in [4.78, 5) is 10.1. The Balaban J connectivity index is 2.60. The normalized spacial score (nSPS) is 33.5. The molecule has 0 spiro atoms. The van der Waals surface area contributed by atoms with E-state index in [0.29, 0.717) is 6.29 Å². The van der Waals surface area contributed by atoms with Crippen LogP contribution in [0.15, 0.2) is 12.2 Å². The molecule has 0 saturated carbocycles. The van der Waals surface area contributed by atoms with Gasteiger partial charge in [0.1, 0.15) is 18.5 Å². The van der Waals surface area contributed by atoms with Crippen LogP contribution in [0.2, 0.25) is 0 Å². The summed E-state index contributed by atoms with van der Waals surface area (Å²) in [6.07, 6.45) is 2.33. The van der Waals surface area contributed by atoms with E-state index in [1.54, 1.807) is 13.8 Å². The molecule has 4 heteroatoms. The summed E-state index contributed by atoms with van der Waals surface area (Å²) < 4.78 is 10.6. The molecule has 1 saturated heterocycles. The minimum Gasteiger partial charge on any atom is -0.388 e. The number of carbonyl (C=O) groups excluding carboxylic acids is 1. The number of rotatable bonds is 2. The van der Waals surface area contributed by atoms with Crippen molar-refractivity contribution >= 4 is 6.29 Å². The first kappa shape index (κ1) is 10.4. The zero-order chi connectivity index (χ0) is 9.90. The molecule has 0 aliphatic carbocycles. The lowest BCUT2D eigenvalue weighted by Gasteiger charge is -2.37. The van der Waals surface area contributed by atoms with E-state index >= 15 is 0 Å². The molecule has 1 aliphatic heterocycles. The highest BCUT2D eigenvalue weighted by Crippen LogP contribution is 2.22. The highest BCUT2D eigenvalue weighted by atomic mass is 16.7. The summed E-state index contributed by atoms with van der Waals surface area (Å²) in [7, 11) is 0. The first-order chi connectivity index (χ1) is 6.05. The average Bonchev–Trinajstić information content (AvgIpc) is 2.07. The van der Waals surface area contributed by atoms with Gasteiger partial charge in [-0.2, -0.15) is 0 Å². The molecule has 2 unspecified atom stereocenters. The zero-order valence-electron chi connectivity index (χ0n) is 7.77. The molecule has 74 valence electrons. The van der Waals surface area contributed by atoms with Crippen molar-refractivity contribution in [1.82, 2.24) is 0 Å². The summed E-state index contributed by atoms with van der Waals surface area (Å²) in [6, 6.07) is 0. The van der Waals surface area contributed by atoms with Gasteiger partial charge in [0.15, 0.2) is 5.79 Å². The van der Waals surface area contributed by atoms with Crippen LogP contribution < -0.4 is 0 Å². The van der Waals surface area contributed by atoms with E-state index in [1.807, 2.05) is 0 Å². The Kier molecular flexibility index (Phi) is 3.19. The average molecular weight is 186 g/mol. The number of hydrogen-bond acceptors (Lipinski definition) is 4. The summed E-state index contributed by atoms with van der Waals surface area (Å²) in [5.41, 5.74) is 0. The molecule has 1 fully saturated rings. The molecule has 4 nitrogen and oxygen atoms in total. The standard InChI is InChI=1S/C9H14O4/c1-9(2)12-6-7(11)8(13-9)4-3-5-10/h3-5,7-8,11H,6H2,1-2H3/b4-3-. The zero-order valence-corrected chi connectivity index (χ0v) is 7.77. The SMILES string of the molecule is CC1(C)OCC(O)C(/C=C\C=O)O1. The van der Waals surface area contributed by atoms with E-state index < -0.39 is 18.0 Å². The second-order valence-corrected chi connectivity index (χ2v) is 3.38. The van der Waals surface area contributed by atoms with Gasteiger partial charge in [0.25, 0.3) is 0 Å². The van der Waals surface area contributed by atoms with Gasteiger partial charge in [0.2, 0.25) is 0 Å². The second-order valence-electron chi connectivity index (χ2n) is 3.38. The predicted molar refractivity (Wildman–Crippen MR) is 46.1 cm³/mol. The van der Waals surface area contributed by atoms with E-state index in [0.717, 1.165) is 0 Å². The van der Waals surface area contributed by atoms with Crippen LogP contribution in [-0.4, -0.2) is 36.0 Å². The predicted octanol–water partition coefficient (Wildman–Crippen LogP) is 0.254. The van der Waals surface area contributed by atoms with Crippen LogP contribution >= 0.6 is 0 Å². The first-order valence-corrected chi connectivity index (χ1v) is 4.17. The molecule has 1 rings (SSSR count). The number of aliphatic hydroxyl groups is 1. The third kappa shape index (κ3) is 2.91. The Morgan fingerprint density at radius 3 is 2.85 bits per heavy atom. The monoisotopic (exact) mass is 186 g/mol. The molecular formula is C9H14O4. The molecule has 1 heterocycles. The van der Waals surface area contributed by atoms with Gasteiger partial charge in [-0.25, -0.2) is 0 Å². The van der Waals surface area contributed by atoms with Crippen LogP contribution in [-0.2, 0) is 14.3 Å². The van der Waals surface area contributed by atoms with Gasteiger partial charge < -0.3 is 14.6 Å². The number of aliphatic hydroxyl groups excluding tert-OH is 1. The minimum absolute atomic E-state index is 0.223. The van der Waals surface area contributed by atoms with Crippen LogP contribution in [0.5, 0.6) is 0 Å². The van der Waals surface area contributed by atoms with Crippen molar-refractivity contribution in [2.24, 2.45) is 0 Å². The van der Waals surface area contributed by atoms with E-state index in [9.17, 15) is 9.90 Å². The van der Waals surface area contributed by atoms with Crippen LogP contribution in [0.25, 0.3) is 0 Å². The fourth-order valence-electron chi connectivity index (χ4n) is 1.14. The fourth-order valence-corrected chi connectivity index (χ4v) is 1.14. The topological polar surface area (TPSA) is 55.8 Å². The van der Waals surface area contributed by atoms with Gasteiger partial charge in [-0.15, -0.1) is 0 Å². The number of allylic oxidation sites excluding steroid dienone is 1. The Labute approximate surface area is 77.1 Å². The van der Waals surface area contributed by atoms with E-state index in [2.05, 4.69) is 0 Å². The van der Waals surface area contributed by atoms with Gasteiger partial charge in [0.05, 0.1) is 6.61 Å². The van der Waals surface area contributed by atoms with Crippen molar-refractivity contribution in [2.45, 2.75) is 31.8 Å². The Morgan fingerprint density at radius 1 is 1.54 bits per heavy atom. The van der Waals surface area contributed by atoms with Crippen LogP contribution in [0.4, 0.5) is 0 Å². The van der Waals surface area contributed by atoms with Crippen molar-refractivity contribution in [3.63, 3.8) is 0 Å². The summed E-state index contributed by atoms with van der Waals surface area (Å²) in [5.74, 6) is -0.697. The highest BCUT2D eigenvalue weighted by molar-refractivity contribution is 5.64. The molecule has 0 bridgehead atoms. The lowest BCUT2D eigenvalue weighted by atomic mass is 10.1. The molecule has 0 amide bonds. The van der Waals surface area contributed by atoms with Gasteiger partial charge in [-0.3, -0.25) is 4.79 Å². The first-order valence-electron chi connectivity index (χ1n) is 4.17. The van der Waals surface area contributed by atoms with Gasteiger partial charge in [-0.05, 0) is 26.0 Å². The third-order valence-electron chi connectivity index (χ3n) is 1.78. The van der Waals surface area contributed by atoms with Crippen molar-refractivity contribution in [3.8, 4) is 0 Å². The summed E-state index contributed by atoms with van der Waals surface area (Å²) in [6.45, 7) is 3.75. The lowest BCUT2D eigenvalue weighted by Crippen LogP contribution is -2.47. The smallest absolute Gasteiger partial charge is 0.163 e. The quantitative estimate of drug-likeness (QED) is 0.496. The van der Waals surface area contributed by atoms with Crippen LogP contribution in [0.3, 0.4) is 0 Å². The largest absolute Gasteiger partial charge is 0.388 e. The number of ether oxygens (including phenoxy) is 2.